The van der Waals surface area contributed by atoms with E-state index in [4.69, 9.17) is 14.6 Å². The van der Waals surface area contributed by atoms with Crippen molar-refractivity contribution in [3.63, 3.8) is 0 Å². The molecule has 0 bridgehead atoms. The Morgan fingerprint density at radius 1 is 1.25 bits per heavy atom. The van der Waals surface area contributed by atoms with E-state index in [0.29, 0.717) is 13.2 Å². The topological polar surface area (TPSA) is 97.1 Å². The summed E-state index contributed by atoms with van der Waals surface area (Å²) in [5.41, 5.74) is 2.70. The SMILES string of the molecule is COCCCn1nc(C2=CCCCC2)c2ccc(CN(C(=O)[C@@]3(C(C)(C)C)CN(C(=O)O)CCO3)C3CC3)cc21. The number of carboxylic acid groups (broad SMARTS) is 1. The van der Waals surface area contributed by atoms with Gasteiger partial charge in [-0.2, -0.15) is 5.10 Å². The third-order valence-corrected chi connectivity index (χ3v) is 8.68. The fourth-order valence-electron chi connectivity index (χ4n) is 6.11. The number of aryl methyl sites for hydroxylation is 1. The Hall–Kier alpha value is -2.91. The monoisotopic (exact) mass is 552 g/mol. The van der Waals surface area contributed by atoms with Gasteiger partial charge in [-0.25, -0.2) is 4.79 Å². The Labute approximate surface area is 237 Å². The van der Waals surface area contributed by atoms with Gasteiger partial charge in [0.1, 0.15) is 0 Å². The molecule has 9 heteroatoms. The molecule has 2 aliphatic carbocycles. The molecule has 2 amide bonds. The number of rotatable bonds is 9. The molecule has 3 aliphatic rings. The third kappa shape index (κ3) is 5.63. The van der Waals surface area contributed by atoms with Gasteiger partial charge in [-0.15, -0.1) is 0 Å². The van der Waals surface area contributed by atoms with E-state index in [1.807, 2.05) is 25.7 Å². The summed E-state index contributed by atoms with van der Waals surface area (Å²) in [6.07, 6.45) is 8.66. The molecule has 1 N–H and O–H groups in total. The van der Waals surface area contributed by atoms with Gasteiger partial charge in [-0.3, -0.25) is 9.48 Å². The first-order valence-electron chi connectivity index (χ1n) is 14.8. The number of hydrogen-bond donors (Lipinski definition) is 1. The highest BCUT2D eigenvalue weighted by Gasteiger charge is 2.56. The Balaban J connectivity index is 1.48. The highest BCUT2D eigenvalue weighted by Crippen LogP contribution is 2.42. The van der Waals surface area contributed by atoms with Crippen LogP contribution in [-0.4, -0.2) is 81.7 Å². The Morgan fingerprint density at radius 2 is 2.05 bits per heavy atom. The summed E-state index contributed by atoms with van der Waals surface area (Å²) in [6.45, 7) is 8.30. The number of fused-ring (bicyclic) bond motifs is 1. The van der Waals surface area contributed by atoms with Gasteiger partial charge in [-0.05, 0) is 62.1 Å². The minimum atomic E-state index is -1.24. The molecule has 0 unspecified atom stereocenters. The molecule has 40 heavy (non-hydrogen) atoms. The van der Waals surface area contributed by atoms with Gasteiger partial charge < -0.3 is 24.4 Å². The van der Waals surface area contributed by atoms with Crippen LogP contribution < -0.4 is 0 Å². The number of aromatic nitrogens is 2. The second kappa shape index (κ2) is 11.5. The molecule has 1 saturated carbocycles. The molecule has 9 nitrogen and oxygen atoms in total. The van der Waals surface area contributed by atoms with Gasteiger partial charge in [0.25, 0.3) is 5.91 Å². The number of benzene rings is 1. The first-order chi connectivity index (χ1) is 19.1. The first kappa shape index (κ1) is 28.6. The highest BCUT2D eigenvalue weighted by molar-refractivity contribution is 5.92. The van der Waals surface area contributed by atoms with Crippen LogP contribution in [0.15, 0.2) is 24.3 Å². The lowest BCUT2D eigenvalue weighted by atomic mass is 9.74. The summed E-state index contributed by atoms with van der Waals surface area (Å²) in [6, 6.07) is 6.60. The van der Waals surface area contributed by atoms with Crippen molar-refractivity contribution in [1.29, 1.82) is 0 Å². The van der Waals surface area contributed by atoms with Gasteiger partial charge in [0, 0.05) is 50.2 Å². The molecule has 2 heterocycles. The molecule has 0 spiro atoms. The number of amides is 2. The van der Waals surface area contributed by atoms with Crippen LogP contribution in [0.4, 0.5) is 4.79 Å². The number of carbonyl (C=O) groups excluding carboxylic acids is 1. The Bertz CT molecular complexity index is 1270. The molecule has 1 aromatic carbocycles. The molecular weight excluding hydrogens is 508 g/mol. The quantitative estimate of drug-likeness (QED) is 0.423. The van der Waals surface area contributed by atoms with Crippen LogP contribution in [0.5, 0.6) is 0 Å². The number of carbonyl (C=O) groups is 2. The van der Waals surface area contributed by atoms with Crippen molar-refractivity contribution < 1.29 is 24.2 Å². The van der Waals surface area contributed by atoms with Gasteiger partial charge in [0.2, 0.25) is 0 Å². The van der Waals surface area contributed by atoms with Gasteiger partial charge in [0.15, 0.2) is 5.60 Å². The van der Waals surface area contributed by atoms with Crippen molar-refractivity contribution in [2.24, 2.45) is 5.41 Å². The van der Waals surface area contributed by atoms with Gasteiger partial charge in [0.05, 0.1) is 24.4 Å². The summed E-state index contributed by atoms with van der Waals surface area (Å²) >= 11 is 0. The van der Waals surface area contributed by atoms with Crippen molar-refractivity contribution in [2.75, 3.05) is 33.4 Å². The van der Waals surface area contributed by atoms with Crippen molar-refractivity contribution in [1.82, 2.24) is 19.6 Å². The maximum absolute atomic E-state index is 14.4. The molecule has 0 radical (unpaired) electrons. The number of nitrogens with zero attached hydrogens (tertiary/aromatic N) is 4. The van der Waals surface area contributed by atoms with E-state index in [-0.39, 0.29) is 31.6 Å². The fourth-order valence-corrected chi connectivity index (χ4v) is 6.11. The maximum atomic E-state index is 14.4. The predicted molar refractivity (Wildman–Crippen MR) is 154 cm³/mol. The Kier molecular flexibility index (Phi) is 8.25. The van der Waals surface area contributed by atoms with Crippen LogP contribution in [0.1, 0.15) is 77.0 Å². The van der Waals surface area contributed by atoms with E-state index >= 15 is 0 Å². The van der Waals surface area contributed by atoms with E-state index in [1.165, 1.54) is 23.3 Å². The van der Waals surface area contributed by atoms with E-state index < -0.39 is 17.1 Å². The second-order valence-corrected chi connectivity index (χ2v) is 12.5. The molecular formula is C31H44N4O5. The Morgan fingerprint density at radius 3 is 2.70 bits per heavy atom. The van der Waals surface area contributed by atoms with E-state index in [0.717, 1.165) is 60.8 Å². The molecule has 1 aliphatic heterocycles. The molecule has 2 aromatic rings. The zero-order valence-electron chi connectivity index (χ0n) is 24.4. The number of allylic oxidation sites excluding steroid dienone is 2. The summed E-state index contributed by atoms with van der Waals surface area (Å²) < 4.78 is 13.7. The summed E-state index contributed by atoms with van der Waals surface area (Å²) in [5.74, 6) is -0.116. The minimum absolute atomic E-state index is 0.0393. The number of ether oxygens (including phenoxy) is 2. The van der Waals surface area contributed by atoms with E-state index in [1.54, 1.807) is 7.11 Å². The van der Waals surface area contributed by atoms with Crippen molar-refractivity contribution >= 4 is 28.5 Å². The van der Waals surface area contributed by atoms with Gasteiger partial charge in [-0.1, -0.05) is 39.0 Å². The van der Waals surface area contributed by atoms with E-state index in [9.17, 15) is 14.7 Å². The predicted octanol–water partition coefficient (Wildman–Crippen LogP) is 5.32. The molecule has 1 aromatic heterocycles. The number of hydrogen-bond acceptors (Lipinski definition) is 5. The van der Waals surface area contributed by atoms with Crippen molar-refractivity contribution in [3.05, 3.63) is 35.5 Å². The normalized spacial score (nSPS) is 21.9. The lowest BCUT2D eigenvalue weighted by molar-refractivity contribution is -0.192. The average Bonchev–Trinajstić information content (AvgIpc) is 3.73. The maximum Gasteiger partial charge on any atom is 0.407 e. The summed E-state index contributed by atoms with van der Waals surface area (Å²) in [5, 5.41) is 15.9. The zero-order valence-corrected chi connectivity index (χ0v) is 24.4. The lowest BCUT2D eigenvalue weighted by Gasteiger charge is -2.50. The summed E-state index contributed by atoms with van der Waals surface area (Å²) in [7, 11) is 1.72. The fraction of sp³-hybridized carbons (Fsp3) is 0.645. The van der Waals surface area contributed by atoms with Gasteiger partial charge >= 0.3 is 6.09 Å². The van der Waals surface area contributed by atoms with Crippen LogP contribution in [0.25, 0.3) is 16.5 Å². The van der Waals surface area contributed by atoms with Crippen molar-refractivity contribution in [2.45, 2.75) is 90.4 Å². The average molecular weight is 553 g/mol. The second-order valence-electron chi connectivity index (χ2n) is 12.5. The zero-order chi connectivity index (χ0) is 28.5. The molecule has 1 atom stereocenters. The van der Waals surface area contributed by atoms with Crippen LogP contribution in [0, 0.1) is 5.41 Å². The van der Waals surface area contributed by atoms with Crippen LogP contribution in [0.2, 0.25) is 0 Å². The molecule has 1 saturated heterocycles. The largest absolute Gasteiger partial charge is 0.465 e. The minimum Gasteiger partial charge on any atom is -0.465 e. The smallest absolute Gasteiger partial charge is 0.407 e. The number of methoxy groups -OCH3 is 1. The molecule has 218 valence electrons. The highest BCUT2D eigenvalue weighted by atomic mass is 16.5. The third-order valence-electron chi connectivity index (χ3n) is 8.68. The van der Waals surface area contributed by atoms with Crippen LogP contribution in [-0.2, 0) is 27.4 Å². The number of morpholine rings is 1. The van der Waals surface area contributed by atoms with E-state index in [2.05, 4.69) is 29.0 Å². The van der Waals surface area contributed by atoms with Crippen molar-refractivity contribution in [3.8, 4) is 0 Å². The first-order valence-corrected chi connectivity index (χ1v) is 14.8. The molecule has 2 fully saturated rings. The standard InChI is InChI=1S/C31H44N4O5/c1-30(2,3)31(21-33(29(37)38)16-18-40-31)28(36)34(24-12-13-24)20-22-11-14-25-26(19-22)35(15-8-17-39-4)32-27(25)23-9-6-5-7-10-23/h9,11,14,19,24H,5-8,10,12-13,15-18,20-21H2,1-4H3,(H,37,38)/t31-/m1/s1. The van der Waals surface area contributed by atoms with Crippen LogP contribution in [0.3, 0.4) is 0 Å². The van der Waals surface area contributed by atoms with Crippen LogP contribution >= 0.6 is 0 Å². The molecule has 5 rings (SSSR count). The lowest BCUT2D eigenvalue weighted by Crippen LogP contribution is -2.67. The summed E-state index contributed by atoms with van der Waals surface area (Å²) in [4.78, 5) is 29.5.